The van der Waals surface area contributed by atoms with Crippen molar-refractivity contribution in [2.24, 2.45) is 5.73 Å². The zero-order chi connectivity index (χ0) is 18.5. The second-order valence-corrected chi connectivity index (χ2v) is 6.64. The molecule has 3 aromatic rings. The lowest BCUT2D eigenvalue weighted by atomic mass is 10.0. The van der Waals surface area contributed by atoms with Gasteiger partial charge in [0.1, 0.15) is 0 Å². The first-order valence-electron chi connectivity index (χ1n) is 8.35. The van der Waals surface area contributed by atoms with Crippen LogP contribution in [-0.2, 0) is 11.2 Å². The Morgan fingerprint density at radius 3 is 2.62 bits per heavy atom. The zero-order valence-electron chi connectivity index (χ0n) is 14.4. The fraction of sp³-hybridized carbons (Fsp3) is 0.143. The standard InChI is InChI=1S/C21H20ClN3O/c1-14-9-16(7-8-24-14)17-11-18(22)13-19(12-17)25-21(26)20(23)10-15-5-3-2-4-6-15/h2-9,11-13,20H,10,23H2,1H3,(H,25,26). The molecule has 2 aromatic carbocycles. The fourth-order valence-corrected chi connectivity index (χ4v) is 2.98. The van der Waals surface area contributed by atoms with Crippen molar-refractivity contribution in [1.82, 2.24) is 4.98 Å². The van der Waals surface area contributed by atoms with Gasteiger partial charge in [0.05, 0.1) is 6.04 Å². The fourth-order valence-electron chi connectivity index (χ4n) is 2.75. The predicted octanol–water partition coefficient (Wildman–Crippen LogP) is 4.22. The number of aryl methyl sites for hydroxylation is 1. The average molecular weight is 366 g/mol. The maximum absolute atomic E-state index is 12.4. The highest BCUT2D eigenvalue weighted by Gasteiger charge is 2.15. The van der Waals surface area contributed by atoms with Gasteiger partial charge in [-0.2, -0.15) is 0 Å². The Morgan fingerprint density at radius 2 is 1.88 bits per heavy atom. The molecule has 132 valence electrons. The summed E-state index contributed by atoms with van der Waals surface area (Å²) in [6.07, 6.45) is 2.23. The number of halogens is 1. The molecule has 1 aromatic heterocycles. The first-order chi connectivity index (χ1) is 12.5. The molecule has 0 aliphatic rings. The van der Waals surface area contributed by atoms with Gasteiger partial charge in [-0.3, -0.25) is 9.78 Å². The summed E-state index contributed by atoms with van der Waals surface area (Å²) in [4.78, 5) is 16.6. The summed E-state index contributed by atoms with van der Waals surface area (Å²) in [5.74, 6) is -0.243. The van der Waals surface area contributed by atoms with E-state index >= 15 is 0 Å². The van der Waals surface area contributed by atoms with Crippen LogP contribution in [0, 0.1) is 6.92 Å². The minimum Gasteiger partial charge on any atom is -0.325 e. The van der Waals surface area contributed by atoms with Crippen LogP contribution in [-0.4, -0.2) is 16.9 Å². The smallest absolute Gasteiger partial charge is 0.241 e. The van der Waals surface area contributed by atoms with Gasteiger partial charge in [0, 0.05) is 22.6 Å². The lowest BCUT2D eigenvalue weighted by molar-refractivity contribution is -0.117. The van der Waals surface area contributed by atoms with Crippen LogP contribution in [0.15, 0.2) is 66.9 Å². The monoisotopic (exact) mass is 365 g/mol. The first kappa shape index (κ1) is 18.1. The molecular formula is C21H20ClN3O. The number of rotatable bonds is 5. The summed E-state index contributed by atoms with van der Waals surface area (Å²) in [6, 6.07) is 18.4. The third-order valence-electron chi connectivity index (χ3n) is 4.03. The molecule has 1 amide bonds. The van der Waals surface area contributed by atoms with Crippen LogP contribution >= 0.6 is 11.6 Å². The molecule has 1 atom stereocenters. The van der Waals surface area contributed by atoms with Crippen molar-refractivity contribution in [1.29, 1.82) is 0 Å². The molecule has 1 unspecified atom stereocenters. The van der Waals surface area contributed by atoms with E-state index in [9.17, 15) is 4.79 Å². The maximum atomic E-state index is 12.4. The first-order valence-corrected chi connectivity index (χ1v) is 8.73. The maximum Gasteiger partial charge on any atom is 0.241 e. The number of pyridine rings is 1. The molecule has 26 heavy (non-hydrogen) atoms. The normalized spacial score (nSPS) is 11.8. The number of hydrogen-bond acceptors (Lipinski definition) is 3. The van der Waals surface area contributed by atoms with Crippen LogP contribution in [0.1, 0.15) is 11.3 Å². The summed E-state index contributed by atoms with van der Waals surface area (Å²) in [6.45, 7) is 1.93. The summed E-state index contributed by atoms with van der Waals surface area (Å²) >= 11 is 6.23. The van der Waals surface area contributed by atoms with Crippen LogP contribution in [0.25, 0.3) is 11.1 Å². The van der Waals surface area contributed by atoms with Gasteiger partial charge in [-0.25, -0.2) is 0 Å². The Labute approximate surface area is 158 Å². The molecule has 0 radical (unpaired) electrons. The molecule has 5 heteroatoms. The number of carbonyl (C=O) groups is 1. The zero-order valence-corrected chi connectivity index (χ0v) is 15.2. The molecule has 0 aliphatic carbocycles. The predicted molar refractivity (Wildman–Crippen MR) is 106 cm³/mol. The number of nitrogens with zero attached hydrogens (tertiary/aromatic N) is 1. The number of benzene rings is 2. The van der Waals surface area contributed by atoms with E-state index in [1.54, 1.807) is 12.3 Å². The number of nitrogens with two attached hydrogens (primary N) is 1. The van der Waals surface area contributed by atoms with E-state index < -0.39 is 6.04 Å². The van der Waals surface area contributed by atoms with E-state index in [1.807, 2.05) is 61.5 Å². The number of aromatic nitrogens is 1. The molecule has 1 heterocycles. The summed E-state index contributed by atoms with van der Waals surface area (Å²) in [5, 5.41) is 3.41. The molecule has 3 N–H and O–H groups in total. The quantitative estimate of drug-likeness (QED) is 0.711. The third kappa shape index (κ3) is 4.69. The number of nitrogens with one attached hydrogen (secondary N) is 1. The Morgan fingerprint density at radius 1 is 1.12 bits per heavy atom. The van der Waals surface area contributed by atoms with Crippen LogP contribution in [0.4, 0.5) is 5.69 Å². The molecule has 3 rings (SSSR count). The lowest BCUT2D eigenvalue weighted by Gasteiger charge is -2.14. The van der Waals surface area contributed by atoms with Gasteiger partial charge in [-0.15, -0.1) is 0 Å². The largest absolute Gasteiger partial charge is 0.325 e. The summed E-state index contributed by atoms with van der Waals surface area (Å²) in [7, 11) is 0. The summed E-state index contributed by atoms with van der Waals surface area (Å²) < 4.78 is 0. The molecule has 4 nitrogen and oxygen atoms in total. The molecule has 0 saturated carbocycles. The minimum absolute atomic E-state index is 0.243. The second kappa shape index (κ2) is 8.13. The van der Waals surface area contributed by atoms with Crippen molar-refractivity contribution in [2.75, 3.05) is 5.32 Å². The van der Waals surface area contributed by atoms with E-state index in [0.717, 1.165) is 22.4 Å². The minimum atomic E-state index is -0.636. The molecule has 0 saturated heterocycles. The van der Waals surface area contributed by atoms with Gasteiger partial charge in [-0.1, -0.05) is 41.9 Å². The SMILES string of the molecule is Cc1cc(-c2cc(Cl)cc(NC(=O)C(N)Cc3ccccc3)c2)ccn1. The van der Waals surface area contributed by atoms with Crippen LogP contribution in [0.2, 0.25) is 5.02 Å². The van der Waals surface area contributed by atoms with Gasteiger partial charge in [0.2, 0.25) is 5.91 Å². The molecule has 0 aliphatic heterocycles. The molecule has 0 bridgehead atoms. The van der Waals surface area contributed by atoms with Crippen molar-refractivity contribution >= 4 is 23.2 Å². The number of amides is 1. The van der Waals surface area contributed by atoms with E-state index in [1.165, 1.54) is 0 Å². The Bertz CT molecular complexity index is 912. The van der Waals surface area contributed by atoms with Crippen LogP contribution < -0.4 is 11.1 Å². The van der Waals surface area contributed by atoms with Crippen molar-refractivity contribution in [3.05, 3.63) is 83.1 Å². The van der Waals surface area contributed by atoms with E-state index in [2.05, 4.69) is 10.3 Å². The van der Waals surface area contributed by atoms with Crippen molar-refractivity contribution in [2.45, 2.75) is 19.4 Å². The highest BCUT2D eigenvalue weighted by Crippen LogP contribution is 2.27. The van der Waals surface area contributed by atoms with Crippen molar-refractivity contribution in [3.63, 3.8) is 0 Å². The van der Waals surface area contributed by atoms with Crippen molar-refractivity contribution < 1.29 is 4.79 Å². The summed E-state index contributed by atoms with van der Waals surface area (Å²) in [5.41, 5.74) is 10.5. The topological polar surface area (TPSA) is 68.0 Å². The number of carbonyl (C=O) groups excluding carboxylic acids is 1. The van der Waals surface area contributed by atoms with E-state index in [-0.39, 0.29) is 5.91 Å². The lowest BCUT2D eigenvalue weighted by Crippen LogP contribution is -2.37. The van der Waals surface area contributed by atoms with E-state index in [4.69, 9.17) is 17.3 Å². The molecular weight excluding hydrogens is 346 g/mol. The third-order valence-corrected chi connectivity index (χ3v) is 4.25. The average Bonchev–Trinajstić information content (AvgIpc) is 2.62. The van der Waals surface area contributed by atoms with Crippen LogP contribution in [0.5, 0.6) is 0 Å². The number of anilines is 1. The van der Waals surface area contributed by atoms with E-state index in [0.29, 0.717) is 17.1 Å². The Hall–Kier alpha value is -2.69. The van der Waals surface area contributed by atoms with Gasteiger partial charge < -0.3 is 11.1 Å². The van der Waals surface area contributed by atoms with Crippen molar-refractivity contribution in [3.8, 4) is 11.1 Å². The number of hydrogen-bond donors (Lipinski definition) is 2. The van der Waals surface area contributed by atoms with Gasteiger partial charge in [0.15, 0.2) is 0 Å². The highest BCUT2D eigenvalue weighted by molar-refractivity contribution is 6.31. The Kier molecular flexibility index (Phi) is 5.66. The van der Waals surface area contributed by atoms with Gasteiger partial charge in [-0.05, 0) is 60.4 Å². The molecule has 0 fully saturated rings. The Balaban J connectivity index is 1.76. The van der Waals surface area contributed by atoms with Crippen LogP contribution in [0.3, 0.4) is 0 Å². The molecule has 0 spiro atoms. The highest BCUT2D eigenvalue weighted by atomic mass is 35.5. The van der Waals surface area contributed by atoms with Gasteiger partial charge in [0.25, 0.3) is 0 Å². The van der Waals surface area contributed by atoms with Gasteiger partial charge >= 0.3 is 0 Å². The second-order valence-electron chi connectivity index (χ2n) is 6.20.